The van der Waals surface area contributed by atoms with Crippen molar-refractivity contribution in [3.05, 3.63) is 21.4 Å². The Morgan fingerprint density at radius 2 is 2.08 bits per heavy atom. The Kier molecular flexibility index (Phi) is 3.09. The van der Waals surface area contributed by atoms with Crippen LogP contribution in [0.2, 0.25) is 0 Å². The van der Waals surface area contributed by atoms with E-state index in [0.29, 0.717) is 4.88 Å². The van der Waals surface area contributed by atoms with E-state index < -0.39 is 0 Å². The molecule has 0 aliphatic rings. The molecule has 13 heavy (non-hydrogen) atoms. The van der Waals surface area contributed by atoms with Gasteiger partial charge in [0.25, 0.3) is 0 Å². The van der Waals surface area contributed by atoms with Crippen molar-refractivity contribution in [1.82, 2.24) is 0 Å². The van der Waals surface area contributed by atoms with Gasteiger partial charge in [0, 0.05) is 4.88 Å². The Balaban J connectivity index is 2.77. The Bertz CT molecular complexity index is 293. The van der Waals surface area contributed by atoms with Crippen LogP contribution in [-0.4, -0.2) is 12.1 Å². The number of hydrogen-bond acceptors (Lipinski definition) is 3. The van der Waals surface area contributed by atoms with Gasteiger partial charge in [0.1, 0.15) is 4.88 Å². The van der Waals surface area contributed by atoms with E-state index in [4.69, 9.17) is 4.74 Å². The molecule has 0 radical (unpaired) electrons. The molecule has 0 bridgehead atoms. The molecule has 72 valence electrons. The van der Waals surface area contributed by atoms with Crippen LogP contribution < -0.4 is 0 Å². The molecule has 2 nitrogen and oxygen atoms in total. The average molecular weight is 198 g/mol. The van der Waals surface area contributed by atoms with Crippen molar-refractivity contribution < 1.29 is 9.53 Å². The van der Waals surface area contributed by atoms with Gasteiger partial charge in [-0.05, 0) is 39.3 Å². The van der Waals surface area contributed by atoms with Crippen molar-refractivity contribution in [2.24, 2.45) is 0 Å². The highest BCUT2D eigenvalue weighted by molar-refractivity contribution is 7.14. The molecule has 0 N–H and O–H groups in total. The maximum absolute atomic E-state index is 11.4. The van der Waals surface area contributed by atoms with Gasteiger partial charge in [0.05, 0.1) is 6.10 Å². The number of hydrogen-bond donors (Lipinski definition) is 0. The van der Waals surface area contributed by atoms with Crippen LogP contribution in [0.1, 0.15) is 34.0 Å². The number of thiophene rings is 1. The van der Waals surface area contributed by atoms with Gasteiger partial charge in [-0.1, -0.05) is 0 Å². The van der Waals surface area contributed by atoms with Crippen LogP contribution in [-0.2, 0) is 4.74 Å². The summed E-state index contributed by atoms with van der Waals surface area (Å²) in [6.07, 6.45) is -0.0461. The smallest absolute Gasteiger partial charge is 0.348 e. The van der Waals surface area contributed by atoms with Crippen LogP contribution in [0.3, 0.4) is 0 Å². The number of aryl methyl sites for hydroxylation is 2. The molecule has 1 aromatic heterocycles. The summed E-state index contributed by atoms with van der Waals surface area (Å²) in [7, 11) is 0. The second kappa shape index (κ2) is 3.92. The first kappa shape index (κ1) is 10.3. The zero-order valence-corrected chi connectivity index (χ0v) is 9.20. The van der Waals surface area contributed by atoms with Gasteiger partial charge in [-0.2, -0.15) is 0 Å². The number of carbonyl (C=O) groups excluding carboxylic acids is 1. The lowest BCUT2D eigenvalue weighted by molar-refractivity contribution is 0.0384. The lowest BCUT2D eigenvalue weighted by Gasteiger charge is -2.05. The van der Waals surface area contributed by atoms with E-state index in [0.717, 1.165) is 5.56 Å². The SMILES string of the molecule is Cc1cc(C(=O)OC(C)C)sc1C. The van der Waals surface area contributed by atoms with Crippen molar-refractivity contribution in [1.29, 1.82) is 0 Å². The number of ether oxygens (including phenoxy) is 1. The lowest BCUT2D eigenvalue weighted by Crippen LogP contribution is -2.09. The summed E-state index contributed by atoms with van der Waals surface area (Å²) >= 11 is 1.49. The molecule has 1 heterocycles. The first-order chi connectivity index (χ1) is 6.00. The van der Waals surface area contributed by atoms with Crippen LogP contribution >= 0.6 is 11.3 Å². The predicted octanol–water partition coefficient (Wildman–Crippen LogP) is 2.93. The normalized spacial score (nSPS) is 10.5. The molecule has 1 aromatic rings. The average Bonchev–Trinajstić information content (AvgIpc) is 2.31. The van der Waals surface area contributed by atoms with E-state index in [1.165, 1.54) is 16.2 Å². The lowest BCUT2D eigenvalue weighted by atomic mass is 10.3. The molecule has 0 aromatic carbocycles. The molecule has 0 aliphatic carbocycles. The molecule has 0 saturated carbocycles. The molecule has 0 aliphatic heterocycles. The topological polar surface area (TPSA) is 26.3 Å². The summed E-state index contributed by atoms with van der Waals surface area (Å²) in [5, 5.41) is 0. The Morgan fingerprint density at radius 3 is 2.46 bits per heavy atom. The number of esters is 1. The minimum Gasteiger partial charge on any atom is -0.459 e. The first-order valence-corrected chi connectivity index (χ1v) is 5.10. The second-order valence-electron chi connectivity index (χ2n) is 3.30. The van der Waals surface area contributed by atoms with Crippen molar-refractivity contribution in [2.75, 3.05) is 0 Å². The molecular weight excluding hydrogens is 184 g/mol. The van der Waals surface area contributed by atoms with Gasteiger partial charge in [-0.15, -0.1) is 11.3 Å². The standard InChI is InChI=1S/C10H14O2S/c1-6(2)12-10(11)9-5-7(3)8(4)13-9/h5-6H,1-4H3. The molecular formula is C10H14O2S. The maximum atomic E-state index is 11.4. The minimum absolute atomic E-state index is 0.0461. The summed E-state index contributed by atoms with van der Waals surface area (Å²) in [5.41, 5.74) is 1.15. The fourth-order valence-electron chi connectivity index (χ4n) is 0.946. The van der Waals surface area contributed by atoms with E-state index in [1.807, 2.05) is 33.8 Å². The van der Waals surface area contributed by atoms with E-state index in [2.05, 4.69) is 0 Å². The van der Waals surface area contributed by atoms with Gasteiger partial charge in [-0.3, -0.25) is 0 Å². The molecule has 0 amide bonds. The third-order valence-electron chi connectivity index (χ3n) is 1.71. The number of rotatable bonds is 2. The molecule has 0 unspecified atom stereocenters. The monoisotopic (exact) mass is 198 g/mol. The van der Waals surface area contributed by atoms with Gasteiger partial charge < -0.3 is 4.74 Å². The highest BCUT2D eigenvalue weighted by Crippen LogP contribution is 2.21. The van der Waals surface area contributed by atoms with Crippen LogP contribution in [0.15, 0.2) is 6.07 Å². The van der Waals surface area contributed by atoms with Crippen molar-refractivity contribution in [2.45, 2.75) is 33.8 Å². The van der Waals surface area contributed by atoms with E-state index in [9.17, 15) is 4.79 Å². The van der Waals surface area contributed by atoms with E-state index in [1.54, 1.807) is 0 Å². The summed E-state index contributed by atoms with van der Waals surface area (Å²) in [6.45, 7) is 7.71. The summed E-state index contributed by atoms with van der Waals surface area (Å²) in [5.74, 6) is -0.212. The first-order valence-electron chi connectivity index (χ1n) is 4.28. The zero-order valence-electron chi connectivity index (χ0n) is 8.38. The molecule has 0 saturated heterocycles. The third kappa shape index (κ3) is 2.56. The van der Waals surface area contributed by atoms with Crippen LogP contribution in [0.25, 0.3) is 0 Å². The summed E-state index contributed by atoms with van der Waals surface area (Å²) in [6, 6.07) is 1.88. The maximum Gasteiger partial charge on any atom is 0.348 e. The molecule has 0 atom stereocenters. The predicted molar refractivity (Wildman–Crippen MR) is 54.3 cm³/mol. The largest absolute Gasteiger partial charge is 0.459 e. The van der Waals surface area contributed by atoms with Crippen molar-refractivity contribution >= 4 is 17.3 Å². The van der Waals surface area contributed by atoms with Crippen molar-refractivity contribution in [3.8, 4) is 0 Å². The van der Waals surface area contributed by atoms with Crippen LogP contribution in [0, 0.1) is 13.8 Å². The fraction of sp³-hybridized carbons (Fsp3) is 0.500. The fourth-order valence-corrected chi connectivity index (χ4v) is 1.86. The highest BCUT2D eigenvalue weighted by Gasteiger charge is 2.12. The third-order valence-corrected chi connectivity index (χ3v) is 2.84. The Labute approximate surface area is 82.5 Å². The molecule has 3 heteroatoms. The summed E-state index contributed by atoms with van der Waals surface area (Å²) in [4.78, 5) is 13.3. The van der Waals surface area contributed by atoms with Crippen LogP contribution in [0.4, 0.5) is 0 Å². The Hall–Kier alpha value is -0.830. The van der Waals surface area contributed by atoms with Crippen LogP contribution in [0.5, 0.6) is 0 Å². The molecule has 1 rings (SSSR count). The minimum atomic E-state index is -0.212. The zero-order chi connectivity index (χ0) is 10.0. The Morgan fingerprint density at radius 1 is 1.46 bits per heavy atom. The van der Waals surface area contributed by atoms with E-state index in [-0.39, 0.29) is 12.1 Å². The highest BCUT2D eigenvalue weighted by atomic mass is 32.1. The molecule has 0 spiro atoms. The van der Waals surface area contributed by atoms with Gasteiger partial charge in [0.15, 0.2) is 0 Å². The number of carbonyl (C=O) groups is 1. The van der Waals surface area contributed by atoms with E-state index >= 15 is 0 Å². The van der Waals surface area contributed by atoms with Gasteiger partial charge in [0.2, 0.25) is 0 Å². The van der Waals surface area contributed by atoms with Gasteiger partial charge in [-0.25, -0.2) is 4.79 Å². The quantitative estimate of drug-likeness (QED) is 0.683. The van der Waals surface area contributed by atoms with Gasteiger partial charge >= 0.3 is 5.97 Å². The molecule has 0 fully saturated rings. The van der Waals surface area contributed by atoms with Crippen molar-refractivity contribution in [3.63, 3.8) is 0 Å². The second-order valence-corrected chi connectivity index (χ2v) is 4.56. The summed E-state index contributed by atoms with van der Waals surface area (Å²) < 4.78 is 5.08.